The number of hydrogen-bond acceptors (Lipinski definition) is 2. The van der Waals surface area contributed by atoms with Crippen LogP contribution in [0.2, 0.25) is 0 Å². The summed E-state index contributed by atoms with van der Waals surface area (Å²) >= 11 is 0. The molecule has 3 nitrogen and oxygen atoms in total. The number of pyridine rings is 1. The molecule has 3 heteroatoms. The SMILES string of the molecule is C[C@]12CCC3C(CCC4=CNC(=O)CC[C@@]43C)C1=CC=C2c1cccnc1. The number of aromatic nitrogens is 1. The number of allylic oxidation sites excluding steroid dienone is 5. The minimum Gasteiger partial charge on any atom is -0.333 e. The van der Waals surface area contributed by atoms with E-state index in [-0.39, 0.29) is 16.7 Å². The highest BCUT2D eigenvalue weighted by atomic mass is 16.1. The smallest absolute Gasteiger partial charge is 0.223 e. The van der Waals surface area contributed by atoms with Gasteiger partial charge in [-0.15, -0.1) is 0 Å². The zero-order valence-electron chi connectivity index (χ0n) is 16.3. The maximum atomic E-state index is 12.0. The lowest BCUT2D eigenvalue weighted by Gasteiger charge is -2.55. The van der Waals surface area contributed by atoms with Crippen molar-refractivity contribution in [3.8, 4) is 0 Å². The van der Waals surface area contributed by atoms with E-state index in [1.165, 1.54) is 36.0 Å². The number of carbonyl (C=O) groups excluding carboxylic acids is 1. The Labute approximate surface area is 161 Å². The van der Waals surface area contributed by atoms with Crippen molar-refractivity contribution >= 4 is 11.5 Å². The third kappa shape index (κ3) is 2.40. The maximum absolute atomic E-state index is 12.0. The van der Waals surface area contributed by atoms with Crippen LogP contribution >= 0.6 is 0 Å². The van der Waals surface area contributed by atoms with Crippen LogP contribution in [0.5, 0.6) is 0 Å². The van der Waals surface area contributed by atoms with E-state index in [0.717, 1.165) is 12.8 Å². The van der Waals surface area contributed by atoms with Crippen molar-refractivity contribution in [3.05, 3.63) is 59.6 Å². The molecule has 2 unspecified atom stereocenters. The predicted molar refractivity (Wildman–Crippen MR) is 107 cm³/mol. The highest BCUT2D eigenvalue weighted by molar-refractivity contribution is 5.79. The average molecular weight is 361 g/mol. The van der Waals surface area contributed by atoms with Crippen LogP contribution in [0.4, 0.5) is 0 Å². The molecule has 0 bridgehead atoms. The third-order valence-corrected chi connectivity index (χ3v) is 8.03. The van der Waals surface area contributed by atoms with Gasteiger partial charge < -0.3 is 5.32 Å². The molecule has 4 aliphatic rings. The molecule has 1 aromatic rings. The Hall–Kier alpha value is -2.16. The molecule has 4 atom stereocenters. The summed E-state index contributed by atoms with van der Waals surface area (Å²) in [5.41, 5.74) is 6.09. The van der Waals surface area contributed by atoms with Gasteiger partial charge in [0.2, 0.25) is 5.91 Å². The molecular formula is C24H28N2O. The van der Waals surface area contributed by atoms with E-state index in [1.807, 2.05) is 24.7 Å². The van der Waals surface area contributed by atoms with E-state index < -0.39 is 0 Å². The number of nitrogens with zero attached hydrogens (tertiary/aromatic N) is 1. The van der Waals surface area contributed by atoms with E-state index in [1.54, 1.807) is 5.57 Å². The monoisotopic (exact) mass is 360 g/mol. The molecule has 2 saturated carbocycles. The molecule has 1 amide bonds. The molecule has 0 aromatic carbocycles. The Morgan fingerprint density at radius 2 is 2.04 bits per heavy atom. The van der Waals surface area contributed by atoms with Crippen LogP contribution in [0.25, 0.3) is 5.57 Å². The van der Waals surface area contributed by atoms with Crippen LogP contribution < -0.4 is 5.32 Å². The molecule has 0 saturated heterocycles. The normalized spacial score (nSPS) is 37.7. The molecule has 1 N–H and O–H groups in total. The molecule has 5 rings (SSSR count). The second kappa shape index (κ2) is 5.92. The average Bonchev–Trinajstić information content (AvgIpc) is 2.95. The number of fused-ring (bicyclic) bond motifs is 5. The fourth-order valence-corrected chi connectivity index (χ4v) is 6.46. The number of rotatable bonds is 1. The molecule has 0 spiro atoms. The van der Waals surface area contributed by atoms with Gasteiger partial charge in [-0.3, -0.25) is 9.78 Å². The van der Waals surface area contributed by atoms with Crippen LogP contribution in [0, 0.1) is 22.7 Å². The van der Waals surface area contributed by atoms with E-state index in [4.69, 9.17) is 0 Å². The first kappa shape index (κ1) is 17.0. The first-order chi connectivity index (χ1) is 13.0. The summed E-state index contributed by atoms with van der Waals surface area (Å²) in [5, 5.41) is 3.01. The van der Waals surface area contributed by atoms with Crippen molar-refractivity contribution in [1.82, 2.24) is 10.3 Å². The number of amides is 1. The fourth-order valence-electron chi connectivity index (χ4n) is 6.46. The van der Waals surface area contributed by atoms with Crippen molar-refractivity contribution in [1.29, 1.82) is 0 Å². The number of carbonyl (C=O) groups is 1. The van der Waals surface area contributed by atoms with Gasteiger partial charge in [0.05, 0.1) is 0 Å². The zero-order chi connectivity index (χ0) is 18.6. The van der Waals surface area contributed by atoms with Gasteiger partial charge in [0, 0.05) is 30.4 Å². The summed E-state index contributed by atoms with van der Waals surface area (Å²) < 4.78 is 0. The molecule has 2 heterocycles. The van der Waals surface area contributed by atoms with E-state index >= 15 is 0 Å². The Bertz CT molecular complexity index is 881. The lowest BCUT2D eigenvalue weighted by molar-refractivity contribution is -0.120. The van der Waals surface area contributed by atoms with Crippen molar-refractivity contribution in [3.63, 3.8) is 0 Å². The van der Waals surface area contributed by atoms with E-state index in [0.29, 0.717) is 18.3 Å². The van der Waals surface area contributed by atoms with Gasteiger partial charge in [0.15, 0.2) is 0 Å². The van der Waals surface area contributed by atoms with Gasteiger partial charge in [-0.2, -0.15) is 0 Å². The van der Waals surface area contributed by atoms with Crippen LogP contribution in [0.15, 0.2) is 54.0 Å². The predicted octanol–water partition coefficient (Wildman–Crippen LogP) is 5.03. The summed E-state index contributed by atoms with van der Waals surface area (Å²) in [6, 6.07) is 4.23. The second-order valence-electron chi connectivity index (χ2n) is 9.22. The Morgan fingerprint density at radius 1 is 1.15 bits per heavy atom. The molecule has 1 aliphatic heterocycles. The zero-order valence-corrected chi connectivity index (χ0v) is 16.3. The molecule has 140 valence electrons. The second-order valence-corrected chi connectivity index (χ2v) is 9.22. The highest BCUT2D eigenvalue weighted by Crippen LogP contribution is 2.64. The summed E-state index contributed by atoms with van der Waals surface area (Å²) in [6.45, 7) is 4.86. The largest absolute Gasteiger partial charge is 0.333 e. The minimum absolute atomic E-state index is 0.139. The topological polar surface area (TPSA) is 42.0 Å². The Balaban J connectivity index is 1.49. The fraction of sp³-hybridized carbons (Fsp3) is 0.500. The molecule has 3 aliphatic carbocycles. The third-order valence-electron chi connectivity index (χ3n) is 8.03. The quantitative estimate of drug-likeness (QED) is 0.763. The van der Waals surface area contributed by atoms with Crippen molar-refractivity contribution in [2.45, 2.75) is 52.4 Å². The summed E-state index contributed by atoms with van der Waals surface area (Å²) in [4.78, 5) is 16.3. The highest BCUT2D eigenvalue weighted by Gasteiger charge is 2.54. The summed E-state index contributed by atoms with van der Waals surface area (Å²) in [5.74, 6) is 1.45. The first-order valence-electron chi connectivity index (χ1n) is 10.3. The first-order valence-corrected chi connectivity index (χ1v) is 10.3. The maximum Gasteiger partial charge on any atom is 0.223 e. The van der Waals surface area contributed by atoms with Gasteiger partial charge in [0.1, 0.15) is 0 Å². The molecule has 27 heavy (non-hydrogen) atoms. The lowest BCUT2D eigenvalue weighted by atomic mass is 9.49. The van der Waals surface area contributed by atoms with Crippen LogP contribution in [0.1, 0.15) is 57.9 Å². The molecule has 2 fully saturated rings. The molecule has 0 radical (unpaired) electrons. The van der Waals surface area contributed by atoms with Crippen LogP contribution in [-0.2, 0) is 4.79 Å². The van der Waals surface area contributed by atoms with Gasteiger partial charge in [-0.25, -0.2) is 0 Å². The van der Waals surface area contributed by atoms with Gasteiger partial charge in [-0.1, -0.05) is 37.6 Å². The molecular weight excluding hydrogens is 332 g/mol. The number of nitrogens with one attached hydrogen (secondary N) is 1. The van der Waals surface area contributed by atoms with E-state index in [2.05, 4.69) is 42.4 Å². The van der Waals surface area contributed by atoms with Crippen molar-refractivity contribution in [2.24, 2.45) is 22.7 Å². The summed E-state index contributed by atoms with van der Waals surface area (Å²) in [7, 11) is 0. The van der Waals surface area contributed by atoms with Crippen molar-refractivity contribution < 1.29 is 4.79 Å². The standard InChI is InChI=1S/C24H28N2O/c1-23-12-10-22(27)26-15-17(23)5-6-18-20-8-7-19(16-4-3-13-25-14-16)24(20,2)11-9-21(18)23/h3-4,7-8,13-15,18,21H,5-6,9-12H2,1-2H3,(H,26,27)/t18?,21?,23-,24+/m0/s1. The van der Waals surface area contributed by atoms with Gasteiger partial charge in [-0.05, 0) is 72.1 Å². The minimum atomic E-state index is 0.139. The van der Waals surface area contributed by atoms with Crippen molar-refractivity contribution in [2.75, 3.05) is 0 Å². The Morgan fingerprint density at radius 3 is 2.85 bits per heavy atom. The van der Waals surface area contributed by atoms with E-state index in [9.17, 15) is 4.79 Å². The molecule has 1 aromatic heterocycles. The number of hydrogen-bond donors (Lipinski definition) is 1. The lowest BCUT2D eigenvalue weighted by Crippen LogP contribution is -2.45. The van der Waals surface area contributed by atoms with Crippen LogP contribution in [-0.4, -0.2) is 10.9 Å². The van der Waals surface area contributed by atoms with Gasteiger partial charge >= 0.3 is 0 Å². The van der Waals surface area contributed by atoms with Gasteiger partial charge in [0.25, 0.3) is 0 Å². The Kier molecular flexibility index (Phi) is 3.72. The van der Waals surface area contributed by atoms with Crippen LogP contribution in [0.3, 0.4) is 0 Å². The summed E-state index contributed by atoms with van der Waals surface area (Å²) in [6.07, 6.45) is 17.0.